The van der Waals surface area contributed by atoms with Crippen LogP contribution in [0.3, 0.4) is 0 Å². The van der Waals surface area contributed by atoms with E-state index in [4.69, 9.17) is 65.8 Å². The molecule has 19 nitrogen and oxygen atoms in total. The zero-order valence-electron chi connectivity index (χ0n) is 36.4. The fourth-order valence-corrected chi connectivity index (χ4v) is 5.83. The number of nitrogens with zero attached hydrogens (tertiary/aromatic N) is 3. The molecule has 0 amide bonds. The van der Waals surface area contributed by atoms with Crippen molar-refractivity contribution in [2.45, 2.75) is 31.6 Å². The molecule has 1 aromatic heterocycles. The van der Waals surface area contributed by atoms with Crippen molar-refractivity contribution >= 4 is 10.1 Å². The third-order valence-electron chi connectivity index (χ3n) is 8.22. The van der Waals surface area contributed by atoms with Crippen molar-refractivity contribution in [3.05, 3.63) is 71.5 Å². The quantitative estimate of drug-likeness (QED) is 0.0594. The second-order valence-electron chi connectivity index (χ2n) is 13.1. The van der Waals surface area contributed by atoms with Crippen molar-refractivity contribution in [1.82, 2.24) is 15.0 Å². The van der Waals surface area contributed by atoms with E-state index in [0.717, 1.165) is 22.6 Å². The van der Waals surface area contributed by atoms with Crippen molar-refractivity contribution in [3.8, 4) is 5.75 Å². The van der Waals surface area contributed by atoms with E-state index in [1.165, 1.54) is 12.1 Å². The van der Waals surface area contributed by atoms with Crippen LogP contribution in [-0.2, 0) is 90.9 Å². The molecular weight excluding hydrogens is 835 g/mol. The lowest BCUT2D eigenvalue weighted by Gasteiger charge is -2.08. The van der Waals surface area contributed by atoms with Gasteiger partial charge in [0.05, 0.1) is 190 Å². The maximum atomic E-state index is 12.1. The van der Waals surface area contributed by atoms with Gasteiger partial charge in [-0.05, 0) is 36.8 Å². The Morgan fingerprint density at radius 1 is 0.468 bits per heavy atom. The molecule has 20 heteroatoms. The van der Waals surface area contributed by atoms with Crippen LogP contribution in [0.1, 0.15) is 16.8 Å². The predicted molar refractivity (Wildman–Crippen MR) is 225 cm³/mol. The summed E-state index contributed by atoms with van der Waals surface area (Å²) in [6.07, 6.45) is 1.83. The highest BCUT2D eigenvalue weighted by atomic mass is 32.2. The van der Waals surface area contributed by atoms with Gasteiger partial charge in [-0.1, -0.05) is 35.0 Å². The first-order valence-electron chi connectivity index (χ1n) is 20.9. The molecule has 62 heavy (non-hydrogen) atoms. The molecule has 0 saturated heterocycles. The second kappa shape index (κ2) is 36.2. The van der Waals surface area contributed by atoms with Gasteiger partial charge in [-0.15, -0.1) is 5.10 Å². The summed E-state index contributed by atoms with van der Waals surface area (Å²) in [6.45, 7) is 13.0. The summed E-state index contributed by atoms with van der Waals surface area (Å²) in [6, 6.07) is 14.3. The van der Waals surface area contributed by atoms with Gasteiger partial charge in [0, 0.05) is 0 Å². The van der Waals surface area contributed by atoms with Crippen LogP contribution in [-0.4, -0.2) is 182 Å². The van der Waals surface area contributed by atoms with E-state index in [-0.39, 0.29) is 18.1 Å². The van der Waals surface area contributed by atoms with Crippen molar-refractivity contribution in [2.75, 3.05) is 159 Å². The molecule has 0 radical (unpaired) electrons. The third-order valence-corrected chi connectivity index (χ3v) is 9.55. The first kappa shape index (κ1) is 53.2. The van der Waals surface area contributed by atoms with Crippen LogP contribution in [0.4, 0.5) is 0 Å². The van der Waals surface area contributed by atoms with Gasteiger partial charge in [0.15, 0.2) is 0 Å². The molecule has 0 aliphatic heterocycles. The smallest absolute Gasteiger partial charge is 0.297 e. The minimum Gasteiger partial charge on any atom is -0.497 e. The molecule has 0 saturated carbocycles. The Kier molecular flexibility index (Phi) is 31.0. The number of rotatable bonds is 43. The van der Waals surface area contributed by atoms with Crippen LogP contribution >= 0.6 is 0 Å². The van der Waals surface area contributed by atoms with E-state index < -0.39 is 10.1 Å². The SMILES string of the molecule is COc1ccc(COCCOCCOCCOCCOCCOCCOCc2cn(CCOCCOCCOCCOCCOCCOS(=O)(=O)c3ccc(C)cc3)nn2)cc1. The predicted octanol–water partition coefficient (Wildman–Crippen LogP) is 2.90. The average Bonchev–Trinajstić information content (AvgIpc) is 3.74. The molecule has 0 spiro atoms. The van der Waals surface area contributed by atoms with Gasteiger partial charge in [0.2, 0.25) is 0 Å². The number of aromatic nitrogens is 3. The van der Waals surface area contributed by atoms with Crippen molar-refractivity contribution in [3.63, 3.8) is 0 Å². The minimum atomic E-state index is -3.79. The number of ether oxygens (including phenoxy) is 13. The second-order valence-corrected chi connectivity index (χ2v) is 14.8. The van der Waals surface area contributed by atoms with Crippen molar-refractivity contribution < 1.29 is 74.2 Å². The van der Waals surface area contributed by atoms with Crippen LogP contribution < -0.4 is 4.74 Å². The van der Waals surface area contributed by atoms with E-state index in [1.54, 1.807) is 23.9 Å². The summed E-state index contributed by atoms with van der Waals surface area (Å²) >= 11 is 0. The number of hydrogen-bond donors (Lipinski definition) is 0. The molecule has 2 aromatic carbocycles. The number of methoxy groups -OCH3 is 1. The van der Waals surface area contributed by atoms with E-state index >= 15 is 0 Å². The van der Waals surface area contributed by atoms with Gasteiger partial charge >= 0.3 is 0 Å². The van der Waals surface area contributed by atoms with Gasteiger partial charge < -0.3 is 61.6 Å². The molecule has 0 unspecified atom stereocenters. The van der Waals surface area contributed by atoms with E-state index in [9.17, 15) is 8.42 Å². The van der Waals surface area contributed by atoms with Crippen LogP contribution in [0.2, 0.25) is 0 Å². The molecule has 352 valence electrons. The van der Waals surface area contributed by atoms with Crippen molar-refractivity contribution in [1.29, 1.82) is 0 Å². The van der Waals surface area contributed by atoms with Crippen LogP contribution in [0.15, 0.2) is 59.6 Å². The lowest BCUT2D eigenvalue weighted by atomic mass is 10.2. The van der Waals surface area contributed by atoms with E-state index in [1.807, 2.05) is 37.4 Å². The van der Waals surface area contributed by atoms with Crippen LogP contribution in [0, 0.1) is 6.92 Å². The Bertz CT molecular complexity index is 1590. The third kappa shape index (κ3) is 27.8. The maximum Gasteiger partial charge on any atom is 0.297 e. The minimum absolute atomic E-state index is 0.0674. The molecule has 0 aliphatic rings. The van der Waals surface area contributed by atoms with Gasteiger partial charge in [-0.3, -0.25) is 4.18 Å². The standard InChI is InChI=1S/C42H67N3O16S/c1-38-3-9-42(10-4-38)62(46,47)61-34-33-58-28-27-55-22-21-51-16-15-50-14-13-49-12-11-45-35-40(43-44-45)37-60-32-30-57-26-24-54-20-18-52-17-19-53-23-25-56-29-31-59-36-39-5-7-41(48-2)8-6-39/h3-10,35H,11-34,36-37H2,1-2H3. The van der Waals surface area contributed by atoms with Gasteiger partial charge in [-0.25, -0.2) is 4.68 Å². The maximum absolute atomic E-state index is 12.1. The Morgan fingerprint density at radius 3 is 1.29 bits per heavy atom. The summed E-state index contributed by atoms with van der Waals surface area (Å²) in [5, 5.41) is 8.23. The normalized spacial score (nSPS) is 11.8. The van der Waals surface area contributed by atoms with Crippen LogP contribution in [0.5, 0.6) is 5.75 Å². The summed E-state index contributed by atoms with van der Waals surface area (Å²) in [5.74, 6) is 0.828. The highest BCUT2D eigenvalue weighted by Crippen LogP contribution is 2.13. The molecule has 0 atom stereocenters. The average molecular weight is 902 g/mol. The number of hydrogen-bond acceptors (Lipinski definition) is 18. The zero-order chi connectivity index (χ0) is 44.0. The molecule has 1 heterocycles. The van der Waals surface area contributed by atoms with Gasteiger partial charge in [0.25, 0.3) is 10.1 Å². The zero-order valence-corrected chi connectivity index (χ0v) is 37.2. The Labute approximate surface area is 366 Å². The molecule has 0 aliphatic carbocycles. The summed E-state index contributed by atoms with van der Waals surface area (Å²) in [4.78, 5) is 0.123. The first-order valence-corrected chi connectivity index (χ1v) is 22.3. The first-order chi connectivity index (χ1) is 30.5. The lowest BCUT2D eigenvalue weighted by Crippen LogP contribution is -2.15. The molecule has 0 bridgehead atoms. The van der Waals surface area contributed by atoms with Gasteiger partial charge in [-0.2, -0.15) is 8.42 Å². The Hall–Kier alpha value is -3.19. The fraction of sp³-hybridized carbons (Fsp3) is 0.667. The lowest BCUT2D eigenvalue weighted by molar-refractivity contribution is -0.0218. The largest absolute Gasteiger partial charge is 0.497 e. The Balaban J connectivity index is 0.953. The summed E-state index contributed by atoms with van der Waals surface area (Å²) in [7, 11) is -2.14. The monoisotopic (exact) mass is 901 g/mol. The van der Waals surface area contributed by atoms with E-state index in [0.29, 0.717) is 159 Å². The van der Waals surface area contributed by atoms with Gasteiger partial charge in [0.1, 0.15) is 11.4 Å². The van der Waals surface area contributed by atoms with E-state index in [2.05, 4.69) is 10.3 Å². The highest BCUT2D eigenvalue weighted by molar-refractivity contribution is 7.86. The number of aryl methyl sites for hydroxylation is 1. The summed E-state index contributed by atoms with van der Waals surface area (Å²) < 4.78 is 102. The Morgan fingerprint density at radius 2 is 0.855 bits per heavy atom. The molecule has 0 N–H and O–H groups in total. The van der Waals surface area contributed by atoms with Crippen molar-refractivity contribution in [2.24, 2.45) is 0 Å². The topological polar surface area (TPSA) is 194 Å². The highest BCUT2D eigenvalue weighted by Gasteiger charge is 2.14. The van der Waals surface area contributed by atoms with Crippen LogP contribution in [0.25, 0.3) is 0 Å². The molecule has 0 fully saturated rings. The number of benzene rings is 2. The summed E-state index contributed by atoms with van der Waals surface area (Å²) in [5.41, 5.74) is 2.79. The molecular formula is C42H67N3O16S. The molecule has 3 aromatic rings. The molecule has 3 rings (SSSR count). The fourth-order valence-electron chi connectivity index (χ4n) is 4.94.